The topological polar surface area (TPSA) is 45.7 Å². The van der Waals surface area contributed by atoms with Crippen LogP contribution in [0.5, 0.6) is 0 Å². The lowest BCUT2D eigenvalue weighted by molar-refractivity contribution is 0.0376. The molecule has 2 heterocycles. The van der Waals surface area contributed by atoms with Crippen LogP contribution < -0.4 is 4.90 Å². The summed E-state index contributed by atoms with van der Waals surface area (Å²) in [5.41, 5.74) is 2.90. The molecule has 8 heteroatoms. The summed E-state index contributed by atoms with van der Waals surface area (Å²) in [7, 11) is 0. The maximum absolute atomic E-state index is 13.6. The fourth-order valence-electron chi connectivity index (χ4n) is 3.66. The molecule has 0 N–H and O–H groups in total. The molecule has 31 heavy (non-hydrogen) atoms. The van der Waals surface area contributed by atoms with Crippen molar-refractivity contribution in [3.05, 3.63) is 53.6 Å². The summed E-state index contributed by atoms with van der Waals surface area (Å²) >= 11 is 3.20. The molecule has 5 nitrogen and oxygen atoms in total. The van der Waals surface area contributed by atoms with Gasteiger partial charge in [0.2, 0.25) is 0 Å². The van der Waals surface area contributed by atoms with E-state index in [1.807, 2.05) is 41.5 Å². The Bertz CT molecular complexity index is 1020. The van der Waals surface area contributed by atoms with Gasteiger partial charge in [-0.25, -0.2) is 4.98 Å². The van der Waals surface area contributed by atoms with Crippen LogP contribution in [0.1, 0.15) is 22.3 Å². The van der Waals surface area contributed by atoms with Crippen molar-refractivity contribution >= 4 is 56.8 Å². The van der Waals surface area contributed by atoms with E-state index < -0.39 is 0 Å². The Hall–Kier alpha value is -1.64. The number of carbonyl (C=O) groups is 1. The molecule has 1 amide bonds. The van der Waals surface area contributed by atoms with Gasteiger partial charge in [-0.05, 0) is 49.4 Å². The van der Waals surface area contributed by atoms with Crippen molar-refractivity contribution in [3.8, 4) is 0 Å². The second-order valence-electron chi connectivity index (χ2n) is 7.43. The Kier molecular flexibility index (Phi) is 8.75. The summed E-state index contributed by atoms with van der Waals surface area (Å²) in [6.07, 6.45) is 2.91. The maximum Gasteiger partial charge on any atom is 0.261 e. The predicted octanol–water partition coefficient (Wildman–Crippen LogP) is 5.12. The smallest absolute Gasteiger partial charge is 0.261 e. The first-order valence-corrected chi connectivity index (χ1v) is 12.3. The fourth-order valence-corrected chi connectivity index (χ4v) is 5.34. The number of ether oxygens (including phenoxy) is 1. The highest BCUT2D eigenvalue weighted by molar-refractivity contribution is 7.98. The van der Waals surface area contributed by atoms with Gasteiger partial charge in [-0.2, -0.15) is 0 Å². The van der Waals surface area contributed by atoms with Crippen molar-refractivity contribution in [2.24, 2.45) is 0 Å². The van der Waals surface area contributed by atoms with Crippen LogP contribution in [0.25, 0.3) is 10.2 Å². The van der Waals surface area contributed by atoms with Crippen LogP contribution in [0.15, 0.2) is 47.4 Å². The molecule has 0 spiro atoms. The Labute approximate surface area is 198 Å². The summed E-state index contributed by atoms with van der Waals surface area (Å²) in [5, 5.41) is 0.776. The average Bonchev–Trinajstić information content (AvgIpc) is 3.19. The first-order valence-electron chi connectivity index (χ1n) is 10.3. The monoisotopic (exact) mass is 477 g/mol. The van der Waals surface area contributed by atoms with Gasteiger partial charge in [0, 0.05) is 31.1 Å². The van der Waals surface area contributed by atoms with Crippen molar-refractivity contribution in [2.75, 3.05) is 50.5 Å². The van der Waals surface area contributed by atoms with Crippen molar-refractivity contribution < 1.29 is 9.53 Å². The van der Waals surface area contributed by atoms with Crippen LogP contribution >= 0.6 is 35.5 Å². The third kappa shape index (κ3) is 5.79. The van der Waals surface area contributed by atoms with Gasteiger partial charge in [0.25, 0.3) is 5.91 Å². The first kappa shape index (κ1) is 24.0. The Morgan fingerprint density at radius 3 is 2.77 bits per heavy atom. The fraction of sp³-hybridized carbons (Fsp3) is 0.391. The zero-order valence-corrected chi connectivity index (χ0v) is 20.3. The van der Waals surface area contributed by atoms with E-state index >= 15 is 0 Å². The summed E-state index contributed by atoms with van der Waals surface area (Å²) in [4.78, 5) is 23.7. The Balaban J connectivity index is 0.00000272. The molecule has 166 valence electrons. The van der Waals surface area contributed by atoms with Crippen LogP contribution in [0, 0.1) is 6.92 Å². The number of morpholine rings is 1. The number of rotatable bonds is 7. The number of amides is 1. The highest BCUT2D eigenvalue weighted by Gasteiger charge is 2.23. The number of nitrogens with zero attached hydrogens (tertiary/aromatic N) is 3. The van der Waals surface area contributed by atoms with E-state index in [-0.39, 0.29) is 18.3 Å². The van der Waals surface area contributed by atoms with E-state index in [9.17, 15) is 4.79 Å². The SMILES string of the molecule is CSc1ccccc1C(=O)N(CCCN1CCOCC1)c1nc2ccc(C)cc2s1.Cl. The van der Waals surface area contributed by atoms with Crippen LogP contribution in [-0.4, -0.2) is 61.4 Å². The van der Waals surface area contributed by atoms with Gasteiger partial charge in [0.1, 0.15) is 0 Å². The van der Waals surface area contributed by atoms with E-state index in [2.05, 4.69) is 24.0 Å². The number of hydrogen-bond acceptors (Lipinski definition) is 6. The van der Waals surface area contributed by atoms with Gasteiger partial charge < -0.3 is 4.74 Å². The number of thiazole rings is 1. The number of benzene rings is 2. The summed E-state index contributed by atoms with van der Waals surface area (Å²) in [5.74, 6) is 0.0257. The average molecular weight is 478 g/mol. The lowest BCUT2D eigenvalue weighted by atomic mass is 10.2. The zero-order chi connectivity index (χ0) is 20.9. The number of hydrogen-bond donors (Lipinski definition) is 0. The van der Waals surface area contributed by atoms with Gasteiger partial charge in [-0.1, -0.05) is 29.5 Å². The highest BCUT2D eigenvalue weighted by atomic mass is 35.5. The predicted molar refractivity (Wildman–Crippen MR) is 133 cm³/mol. The molecule has 3 aromatic rings. The van der Waals surface area contributed by atoms with Crippen LogP contribution in [0.3, 0.4) is 0 Å². The minimum Gasteiger partial charge on any atom is -0.379 e. The summed E-state index contributed by atoms with van der Waals surface area (Å²) in [6.45, 7) is 7.20. The van der Waals surface area contributed by atoms with Gasteiger partial charge >= 0.3 is 0 Å². The molecule has 0 atom stereocenters. The van der Waals surface area contributed by atoms with Gasteiger partial charge in [0.05, 0.1) is 29.0 Å². The molecule has 2 aromatic carbocycles. The number of aromatic nitrogens is 1. The molecule has 1 saturated heterocycles. The third-order valence-corrected chi connectivity index (χ3v) is 7.14. The van der Waals surface area contributed by atoms with E-state index in [4.69, 9.17) is 9.72 Å². The minimum atomic E-state index is 0. The molecule has 4 rings (SSSR count). The van der Waals surface area contributed by atoms with Crippen molar-refractivity contribution in [1.82, 2.24) is 9.88 Å². The molecule has 1 aromatic heterocycles. The van der Waals surface area contributed by atoms with Crippen LogP contribution in [0.2, 0.25) is 0 Å². The van der Waals surface area contributed by atoms with Crippen LogP contribution in [-0.2, 0) is 4.74 Å². The Morgan fingerprint density at radius 2 is 2.00 bits per heavy atom. The Morgan fingerprint density at radius 1 is 1.23 bits per heavy atom. The number of thioether (sulfide) groups is 1. The second-order valence-corrected chi connectivity index (χ2v) is 9.29. The van der Waals surface area contributed by atoms with E-state index in [0.717, 1.165) is 65.1 Å². The molecule has 0 aliphatic carbocycles. The molecule has 0 bridgehead atoms. The van der Waals surface area contributed by atoms with Crippen LogP contribution in [0.4, 0.5) is 5.13 Å². The number of carbonyl (C=O) groups excluding carboxylic acids is 1. The van der Waals surface area contributed by atoms with Gasteiger partial charge in [-0.15, -0.1) is 24.2 Å². The highest BCUT2D eigenvalue weighted by Crippen LogP contribution is 2.32. The lowest BCUT2D eigenvalue weighted by Gasteiger charge is -2.28. The molecule has 1 fully saturated rings. The standard InChI is InChI=1S/C23H27N3O2S2.ClH/c1-17-8-9-19-21(16-17)30-23(24-19)26(11-5-10-25-12-14-28-15-13-25)22(27)18-6-3-4-7-20(18)29-2;/h3-4,6-9,16H,5,10-15H2,1-2H3;1H. The van der Waals surface area contributed by atoms with E-state index in [1.165, 1.54) is 5.56 Å². The quantitative estimate of drug-likeness (QED) is 0.442. The number of halogens is 1. The lowest BCUT2D eigenvalue weighted by Crippen LogP contribution is -2.39. The van der Waals surface area contributed by atoms with Crippen molar-refractivity contribution in [2.45, 2.75) is 18.2 Å². The first-order chi connectivity index (χ1) is 14.7. The second kappa shape index (κ2) is 11.3. The zero-order valence-electron chi connectivity index (χ0n) is 17.9. The van der Waals surface area contributed by atoms with E-state index in [1.54, 1.807) is 23.1 Å². The molecule has 0 unspecified atom stereocenters. The summed E-state index contributed by atoms with van der Waals surface area (Å²) < 4.78 is 6.56. The van der Waals surface area contributed by atoms with Crippen molar-refractivity contribution in [3.63, 3.8) is 0 Å². The number of anilines is 1. The molecule has 1 aliphatic heterocycles. The minimum absolute atomic E-state index is 0. The normalized spacial score (nSPS) is 14.4. The van der Waals surface area contributed by atoms with Gasteiger partial charge in [-0.3, -0.25) is 14.6 Å². The largest absolute Gasteiger partial charge is 0.379 e. The molecular formula is C23H28ClN3O2S2. The maximum atomic E-state index is 13.6. The molecule has 0 radical (unpaired) electrons. The third-order valence-electron chi connectivity index (χ3n) is 5.31. The summed E-state index contributed by atoms with van der Waals surface area (Å²) in [6, 6.07) is 14.1. The molecule has 1 aliphatic rings. The molecular weight excluding hydrogens is 450 g/mol. The van der Waals surface area contributed by atoms with Crippen molar-refractivity contribution in [1.29, 1.82) is 0 Å². The molecule has 0 saturated carbocycles. The number of fused-ring (bicyclic) bond motifs is 1. The van der Waals surface area contributed by atoms with E-state index in [0.29, 0.717) is 6.54 Å². The van der Waals surface area contributed by atoms with Gasteiger partial charge in [0.15, 0.2) is 5.13 Å². The number of aryl methyl sites for hydroxylation is 1.